The molecule has 1 fully saturated rings. The second kappa shape index (κ2) is 5.77. The van der Waals surface area contributed by atoms with Gasteiger partial charge < -0.3 is 5.32 Å². The van der Waals surface area contributed by atoms with Gasteiger partial charge in [0.05, 0.1) is 14.3 Å². The van der Waals surface area contributed by atoms with E-state index < -0.39 is 0 Å². The lowest BCUT2D eigenvalue weighted by atomic mass is 10.2. The van der Waals surface area contributed by atoms with Gasteiger partial charge in [0.2, 0.25) is 0 Å². The average Bonchev–Trinajstić information content (AvgIpc) is 3.27. The zero-order valence-electron chi connectivity index (χ0n) is 10.8. The molecule has 1 aromatic carbocycles. The topological polar surface area (TPSA) is 37.8 Å². The molecule has 0 saturated heterocycles. The van der Waals surface area contributed by atoms with E-state index in [-0.39, 0.29) is 0 Å². The maximum absolute atomic E-state index is 6.04. The molecule has 3 rings (SSSR count). The van der Waals surface area contributed by atoms with Gasteiger partial charge >= 0.3 is 0 Å². The number of aromatic nitrogens is 2. The number of benzene rings is 1. The minimum Gasteiger partial charge on any atom is -0.372 e. The van der Waals surface area contributed by atoms with Crippen LogP contribution in [0.25, 0.3) is 11.4 Å². The van der Waals surface area contributed by atoms with Crippen LogP contribution in [0.4, 0.5) is 5.82 Å². The minimum absolute atomic E-state index is 0.589. The van der Waals surface area contributed by atoms with E-state index in [0.717, 1.165) is 30.9 Å². The summed E-state index contributed by atoms with van der Waals surface area (Å²) in [6, 6.07) is 5.77. The fraction of sp³-hybridized carbons (Fsp3) is 0.286. The molecule has 0 spiro atoms. The molecule has 0 atom stereocenters. The van der Waals surface area contributed by atoms with Crippen molar-refractivity contribution in [2.24, 2.45) is 0 Å². The average molecular weight is 465 g/mol. The molecule has 3 nitrogen and oxygen atoms in total. The number of hydrogen-bond acceptors (Lipinski definition) is 3. The lowest BCUT2D eigenvalue weighted by Gasteiger charge is -2.11. The summed E-state index contributed by atoms with van der Waals surface area (Å²) < 4.78 is 1.99. The summed E-state index contributed by atoms with van der Waals surface area (Å²) in [5.41, 5.74) is 2.13. The summed E-state index contributed by atoms with van der Waals surface area (Å²) in [5, 5.41) is 3.85. The van der Waals surface area contributed by atoms with Crippen LogP contribution in [-0.2, 0) is 0 Å². The zero-order valence-corrected chi connectivity index (χ0v) is 15.3. The minimum atomic E-state index is 0.589. The molecule has 0 radical (unpaired) electrons. The molecule has 1 aliphatic carbocycles. The Kier molecular flexibility index (Phi) is 4.19. The molecule has 1 aromatic heterocycles. The smallest absolute Gasteiger partial charge is 0.161 e. The molecule has 0 aliphatic heterocycles. The third kappa shape index (κ3) is 2.80. The van der Waals surface area contributed by atoms with Gasteiger partial charge in [-0.2, -0.15) is 0 Å². The van der Waals surface area contributed by atoms with Gasteiger partial charge in [-0.15, -0.1) is 0 Å². The van der Waals surface area contributed by atoms with Crippen molar-refractivity contribution >= 4 is 55.9 Å². The molecule has 1 N–H and O–H groups in total. The summed E-state index contributed by atoms with van der Waals surface area (Å²) >= 11 is 11.8. The number of nitrogens with one attached hydrogen (secondary N) is 1. The van der Waals surface area contributed by atoms with Crippen LogP contribution in [0.3, 0.4) is 0 Å². The number of hydrogen-bond donors (Lipinski definition) is 1. The maximum Gasteiger partial charge on any atom is 0.161 e. The summed E-state index contributed by atoms with van der Waals surface area (Å²) in [7, 11) is 1.89. The third-order valence-electron chi connectivity index (χ3n) is 3.26. The summed E-state index contributed by atoms with van der Waals surface area (Å²) in [5.74, 6) is 2.23. The van der Waals surface area contributed by atoms with Crippen molar-refractivity contribution in [3.05, 3.63) is 37.0 Å². The molecule has 6 heteroatoms. The van der Waals surface area contributed by atoms with Crippen molar-refractivity contribution in [2.45, 2.75) is 18.8 Å². The second-order valence-electron chi connectivity index (χ2n) is 4.75. The van der Waals surface area contributed by atoms with E-state index in [1.807, 2.05) is 25.2 Å². The Morgan fingerprint density at radius 2 is 2.10 bits per heavy atom. The number of anilines is 1. The highest BCUT2D eigenvalue weighted by atomic mass is 127. The van der Waals surface area contributed by atoms with Crippen molar-refractivity contribution in [3.63, 3.8) is 0 Å². The highest BCUT2D eigenvalue weighted by Crippen LogP contribution is 2.43. The van der Waals surface area contributed by atoms with Crippen LogP contribution in [-0.4, -0.2) is 17.0 Å². The van der Waals surface area contributed by atoms with Crippen molar-refractivity contribution in [1.29, 1.82) is 0 Å². The zero-order chi connectivity index (χ0) is 14.3. The van der Waals surface area contributed by atoms with Crippen molar-refractivity contribution in [1.82, 2.24) is 9.97 Å². The van der Waals surface area contributed by atoms with E-state index in [9.17, 15) is 0 Å². The molecule has 0 bridgehead atoms. The summed E-state index contributed by atoms with van der Waals surface area (Å²) in [6.07, 6.45) is 2.44. The van der Waals surface area contributed by atoms with Gasteiger partial charge in [0.25, 0.3) is 0 Å². The Morgan fingerprint density at radius 1 is 1.35 bits per heavy atom. The molecular formula is C14H12BrClIN3. The van der Waals surface area contributed by atoms with E-state index in [1.54, 1.807) is 0 Å². The van der Waals surface area contributed by atoms with Crippen molar-refractivity contribution < 1.29 is 0 Å². The van der Waals surface area contributed by atoms with Crippen LogP contribution in [0.15, 0.2) is 22.7 Å². The summed E-state index contributed by atoms with van der Waals surface area (Å²) in [6.45, 7) is 0. The molecule has 1 aliphatic rings. The van der Waals surface area contributed by atoms with E-state index >= 15 is 0 Å². The van der Waals surface area contributed by atoms with Crippen LogP contribution in [0.1, 0.15) is 24.5 Å². The van der Waals surface area contributed by atoms with Gasteiger partial charge in [0.1, 0.15) is 5.82 Å². The predicted octanol–water partition coefficient (Wildman–Crippen LogP) is 5.08. The SMILES string of the molecule is CNc1nc(-c2ccc(Cl)c(Br)c2)nc(C2CC2)c1I. The first-order chi connectivity index (χ1) is 9.60. The molecular weight excluding hydrogens is 452 g/mol. The van der Waals surface area contributed by atoms with Gasteiger partial charge in [-0.05, 0) is 69.6 Å². The monoisotopic (exact) mass is 463 g/mol. The third-order valence-corrected chi connectivity index (χ3v) is 5.53. The molecule has 20 heavy (non-hydrogen) atoms. The van der Waals surface area contributed by atoms with E-state index in [4.69, 9.17) is 16.6 Å². The summed E-state index contributed by atoms with van der Waals surface area (Å²) in [4.78, 5) is 9.37. The van der Waals surface area contributed by atoms with E-state index in [1.165, 1.54) is 12.8 Å². The first-order valence-electron chi connectivity index (χ1n) is 6.30. The van der Waals surface area contributed by atoms with E-state index in [2.05, 4.69) is 48.8 Å². The number of halogens is 3. The van der Waals surface area contributed by atoms with Gasteiger partial charge in [-0.3, -0.25) is 0 Å². The predicted molar refractivity (Wildman–Crippen MR) is 94.4 cm³/mol. The Balaban J connectivity index is 2.12. The van der Waals surface area contributed by atoms with Gasteiger partial charge in [-0.1, -0.05) is 11.6 Å². The molecule has 1 saturated carbocycles. The van der Waals surface area contributed by atoms with Gasteiger partial charge in [-0.25, -0.2) is 9.97 Å². The first kappa shape index (κ1) is 14.5. The van der Waals surface area contributed by atoms with Crippen LogP contribution < -0.4 is 5.32 Å². The largest absolute Gasteiger partial charge is 0.372 e. The van der Waals surface area contributed by atoms with Crippen molar-refractivity contribution in [3.8, 4) is 11.4 Å². The Bertz CT molecular complexity index is 674. The van der Waals surface area contributed by atoms with Gasteiger partial charge in [0.15, 0.2) is 5.82 Å². The molecule has 104 valence electrons. The molecule has 2 aromatic rings. The van der Waals surface area contributed by atoms with Crippen LogP contribution in [0.5, 0.6) is 0 Å². The quantitative estimate of drug-likeness (QED) is 0.644. The normalized spacial score (nSPS) is 14.4. The Hall–Kier alpha value is -0.400. The second-order valence-corrected chi connectivity index (χ2v) is 7.09. The fourth-order valence-corrected chi connectivity index (χ4v) is 3.47. The van der Waals surface area contributed by atoms with Gasteiger partial charge in [0, 0.05) is 23.0 Å². The number of rotatable bonds is 3. The standard InChI is InChI=1S/C14H12BrClIN3/c1-18-14-11(17)12(7-2-3-7)19-13(20-14)8-4-5-10(16)9(15)6-8/h4-7H,2-3H2,1H3,(H,18,19,20). The fourth-order valence-electron chi connectivity index (χ4n) is 2.02. The molecule has 0 amide bonds. The number of nitrogens with zero attached hydrogens (tertiary/aromatic N) is 2. The maximum atomic E-state index is 6.04. The highest BCUT2D eigenvalue weighted by molar-refractivity contribution is 14.1. The highest BCUT2D eigenvalue weighted by Gasteiger charge is 2.29. The first-order valence-corrected chi connectivity index (χ1v) is 8.55. The Morgan fingerprint density at radius 3 is 2.70 bits per heavy atom. The van der Waals surface area contributed by atoms with E-state index in [0.29, 0.717) is 10.9 Å². The van der Waals surface area contributed by atoms with Crippen LogP contribution in [0, 0.1) is 3.57 Å². The molecule has 1 heterocycles. The van der Waals surface area contributed by atoms with Crippen LogP contribution >= 0.6 is 50.1 Å². The lowest BCUT2D eigenvalue weighted by molar-refractivity contribution is 0.979. The molecule has 0 unspecified atom stereocenters. The lowest BCUT2D eigenvalue weighted by Crippen LogP contribution is -2.04. The van der Waals surface area contributed by atoms with Crippen LogP contribution in [0.2, 0.25) is 5.02 Å². The Labute approximate surface area is 144 Å². The van der Waals surface area contributed by atoms with Crippen molar-refractivity contribution in [2.75, 3.05) is 12.4 Å².